The SMILES string of the molecule is Cc1ccc(C(C#N)C(=O)c2cnn3ccncc23)cc1. The minimum Gasteiger partial charge on any atom is -0.292 e. The molecule has 2 heterocycles. The van der Waals surface area contributed by atoms with Crippen molar-refractivity contribution >= 4 is 11.3 Å². The predicted octanol–water partition coefficient (Wildman–Crippen LogP) is 2.53. The molecule has 0 aliphatic carbocycles. The maximum atomic E-state index is 12.6. The summed E-state index contributed by atoms with van der Waals surface area (Å²) < 4.78 is 1.57. The van der Waals surface area contributed by atoms with E-state index in [0.717, 1.165) is 5.56 Å². The largest absolute Gasteiger partial charge is 0.292 e. The van der Waals surface area contributed by atoms with E-state index in [2.05, 4.69) is 16.2 Å². The van der Waals surface area contributed by atoms with Gasteiger partial charge in [0.15, 0.2) is 5.78 Å². The Balaban J connectivity index is 2.03. The van der Waals surface area contributed by atoms with Crippen LogP contribution in [0.15, 0.2) is 49.1 Å². The topological polar surface area (TPSA) is 71.0 Å². The Labute approximate surface area is 121 Å². The summed E-state index contributed by atoms with van der Waals surface area (Å²) in [5.41, 5.74) is 2.80. The Bertz CT molecular complexity index is 843. The second-order valence-electron chi connectivity index (χ2n) is 4.80. The van der Waals surface area contributed by atoms with Crippen LogP contribution in [-0.2, 0) is 0 Å². The third kappa shape index (κ3) is 2.28. The summed E-state index contributed by atoms with van der Waals surface area (Å²) in [6, 6.07) is 9.49. The van der Waals surface area contributed by atoms with E-state index in [1.165, 1.54) is 6.20 Å². The third-order valence-corrected chi connectivity index (χ3v) is 3.39. The van der Waals surface area contributed by atoms with Gasteiger partial charge in [-0.2, -0.15) is 10.4 Å². The number of benzene rings is 1. The Kier molecular flexibility index (Phi) is 3.20. The van der Waals surface area contributed by atoms with E-state index in [1.54, 1.807) is 23.1 Å². The molecule has 21 heavy (non-hydrogen) atoms. The number of carbonyl (C=O) groups is 1. The number of nitriles is 1. The summed E-state index contributed by atoms with van der Waals surface area (Å²) in [7, 11) is 0. The van der Waals surface area contributed by atoms with Gasteiger partial charge in [0.05, 0.1) is 29.5 Å². The lowest BCUT2D eigenvalue weighted by molar-refractivity contribution is 0.0980. The molecule has 0 saturated heterocycles. The van der Waals surface area contributed by atoms with Crippen molar-refractivity contribution in [3.63, 3.8) is 0 Å². The zero-order chi connectivity index (χ0) is 14.8. The highest BCUT2D eigenvalue weighted by atomic mass is 16.1. The summed E-state index contributed by atoms with van der Waals surface area (Å²) in [5, 5.41) is 13.5. The van der Waals surface area contributed by atoms with E-state index in [-0.39, 0.29) is 5.78 Å². The van der Waals surface area contributed by atoms with Gasteiger partial charge in [-0.15, -0.1) is 0 Å². The van der Waals surface area contributed by atoms with Crippen LogP contribution in [0.1, 0.15) is 27.4 Å². The molecule has 2 aromatic heterocycles. The molecule has 1 unspecified atom stereocenters. The predicted molar refractivity (Wildman–Crippen MR) is 76.9 cm³/mol. The molecule has 0 bridgehead atoms. The first-order chi connectivity index (χ1) is 10.2. The van der Waals surface area contributed by atoms with Crippen molar-refractivity contribution in [2.45, 2.75) is 12.8 Å². The quantitative estimate of drug-likeness (QED) is 0.689. The molecule has 5 nitrogen and oxygen atoms in total. The number of ketones is 1. The minimum atomic E-state index is -0.834. The standard InChI is InChI=1S/C16H12N4O/c1-11-2-4-12(5-3-11)13(8-17)16(21)14-9-19-20-7-6-18-10-15(14)20/h2-7,9-10,13H,1H3. The summed E-state index contributed by atoms with van der Waals surface area (Å²) >= 11 is 0. The average molecular weight is 276 g/mol. The van der Waals surface area contributed by atoms with Gasteiger partial charge in [0.25, 0.3) is 0 Å². The second kappa shape index (κ2) is 5.17. The van der Waals surface area contributed by atoms with Crippen LogP contribution in [-0.4, -0.2) is 20.4 Å². The van der Waals surface area contributed by atoms with Gasteiger partial charge < -0.3 is 0 Å². The fourth-order valence-corrected chi connectivity index (χ4v) is 2.22. The highest BCUT2D eigenvalue weighted by molar-refractivity contribution is 6.07. The second-order valence-corrected chi connectivity index (χ2v) is 4.80. The zero-order valence-electron chi connectivity index (χ0n) is 11.4. The Morgan fingerprint density at radius 3 is 2.76 bits per heavy atom. The number of hydrogen-bond donors (Lipinski definition) is 0. The molecule has 0 spiro atoms. The minimum absolute atomic E-state index is 0.260. The van der Waals surface area contributed by atoms with Crippen LogP contribution >= 0.6 is 0 Å². The van der Waals surface area contributed by atoms with Crippen LogP contribution in [0.4, 0.5) is 0 Å². The van der Waals surface area contributed by atoms with Crippen LogP contribution in [0, 0.1) is 18.3 Å². The first-order valence-electron chi connectivity index (χ1n) is 6.48. The van der Waals surface area contributed by atoms with Gasteiger partial charge in [-0.3, -0.25) is 9.78 Å². The van der Waals surface area contributed by atoms with Gasteiger partial charge in [-0.05, 0) is 12.5 Å². The van der Waals surface area contributed by atoms with E-state index in [9.17, 15) is 10.1 Å². The highest BCUT2D eigenvalue weighted by Gasteiger charge is 2.24. The Morgan fingerprint density at radius 2 is 2.05 bits per heavy atom. The Morgan fingerprint density at radius 1 is 1.29 bits per heavy atom. The van der Waals surface area contributed by atoms with Crippen molar-refractivity contribution in [3.05, 3.63) is 65.7 Å². The number of aryl methyl sites for hydroxylation is 1. The van der Waals surface area contributed by atoms with E-state index in [0.29, 0.717) is 16.6 Å². The van der Waals surface area contributed by atoms with Crippen LogP contribution in [0.5, 0.6) is 0 Å². The number of Topliss-reactive ketones (excluding diaryl/α,β-unsaturated/α-hetero) is 1. The summed E-state index contributed by atoms with van der Waals surface area (Å²) in [5.74, 6) is -1.09. The molecule has 1 atom stereocenters. The van der Waals surface area contributed by atoms with Crippen molar-refractivity contribution in [2.24, 2.45) is 0 Å². The van der Waals surface area contributed by atoms with Crippen molar-refractivity contribution in [2.75, 3.05) is 0 Å². The van der Waals surface area contributed by atoms with E-state index in [4.69, 9.17) is 0 Å². The smallest absolute Gasteiger partial charge is 0.188 e. The summed E-state index contributed by atoms with van der Waals surface area (Å²) in [4.78, 5) is 16.6. The number of rotatable bonds is 3. The van der Waals surface area contributed by atoms with Crippen LogP contribution in [0.2, 0.25) is 0 Å². The van der Waals surface area contributed by atoms with E-state index in [1.807, 2.05) is 31.2 Å². The number of nitrogens with zero attached hydrogens (tertiary/aromatic N) is 4. The zero-order valence-corrected chi connectivity index (χ0v) is 11.4. The molecule has 3 rings (SSSR count). The van der Waals surface area contributed by atoms with Crippen LogP contribution in [0.25, 0.3) is 5.52 Å². The number of hydrogen-bond acceptors (Lipinski definition) is 4. The number of carbonyl (C=O) groups excluding carboxylic acids is 1. The average Bonchev–Trinajstić information content (AvgIpc) is 2.94. The van der Waals surface area contributed by atoms with Crippen LogP contribution in [0.3, 0.4) is 0 Å². The van der Waals surface area contributed by atoms with E-state index < -0.39 is 5.92 Å². The molecule has 1 aromatic carbocycles. The van der Waals surface area contributed by atoms with Gasteiger partial charge in [0.2, 0.25) is 0 Å². The maximum absolute atomic E-state index is 12.6. The molecule has 0 radical (unpaired) electrons. The fourth-order valence-electron chi connectivity index (χ4n) is 2.22. The molecule has 0 aliphatic rings. The van der Waals surface area contributed by atoms with E-state index >= 15 is 0 Å². The van der Waals surface area contributed by atoms with Crippen LogP contribution < -0.4 is 0 Å². The third-order valence-electron chi connectivity index (χ3n) is 3.39. The molecule has 0 N–H and O–H groups in total. The molecule has 0 aliphatic heterocycles. The van der Waals surface area contributed by atoms with Gasteiger partial charge >= 0.3 is 0 Å². The molecular formula is C16H12N4O. The molecular weight excluding hydrogens is 264 g/mol. The number of fused-ring (bicyclic) bond motifs is 1. The monoisotopic (exact) mass is 276 g/mol. The normalized spacial score (nSPS) is 12.0. The summed E-state index contributed by atoms with van der Waals surface area (Å²) in [6.45, 7) is 1.96. The first kappa shape index (κ1) is 13.0. The number of aromatic nitrogens is 3. The lowest BCUT2D eigenvalue weighted by Crippen LogP contribution is -2.11. The van der Waals surface area contributed by atoms with Crippen molar-refractivity contribution in [1.82, 2.24) is 14.6 Å². The fraction of sp³-hybridized carbons (Fsp3) is 0.125. The molecule has 3 aromatic rings. The van der Waals surface area contributed by atoms with Crippen molar-refractivity contribution < 1.29 is 4.79 Å². The molecule has 0 fully saturated rings. The maximum Gasteiger partial charge on any atom is 0.188 e. The molecule has 102 valence electrons. The molecule has 5 heteroatoms. The van der Waals surface area contributed by atoms with Gasteiger partial charge in [-0.25, -0.2) is 4.52 Å². The van der Waals surface area contributed by atoms with Crippen molar-refractivity contribution in [1.29, 1.82) is 5.26 Å². The molecule has 0 amide bonds. The lowest BCUT2D eigenvalue weighted by atomic mass is 9.92. The van der Waals surface area contributed by atoms with Gasteiger partial charge in [-0.1, -0.05) is 29.8 Å². The highest BCUT2D eigenvalue weighted by Crippen LogP contribution is 2.23. The summed E-state index contributed by atoms with van der Waals surface area (Å²) in [6.07, 6.45) is 6.32. The Hall–Kier alpha value is -3.00. The van der Waals surface area contributed by atoms with Gasteiger partial charge in [0.1, 0.15) is 5.92 Å². The first-order valence-corrected chi connectivity index (χ1v) is 6.48. The molecule has 0 saturated carbocycles. The van der Waals surface area contributed by atoms with Crippen molar-refractivity contribution in [3.8, 4) is 6.07 Å². The van der Waals surface area contributed by atoms with Gasteiger partial charge in [0, 0.05) is 12.4 Å². The lowest BCUT2D eigenvalue weighted by Gasteiger charge is -2.08.